The summed E-state index contributed by atoms with van der Waals surface area (Å²) in [5.74, 6) is 1.24. The van der Waals surface area contributed by atoms with E-state index < -0.39 is 0 Å². The van der Waals surface area contributed by atoms with Crippen LogP contribution in [0.2, 0.25) is 0 Å². The van der Waals surface area contributed by atoms with Gasteiger partial charge in [-0.3, -0.25) is 4.99 Å². The van der Waals surface area contributed by atoms with Crippen molar-refractivity contribution < 1.29 is 0 Å². The van der Waals surface area contributed by atoms with Gasteiger partial charge in [-0.2, -0.15) is 10.4 Å². The molecule has 2 aromatic heterocycles. The minimum absolute atomic E-state index is 0. The average molecular weight is 560 g/mol. The Labute approximate surface area is 213 Å². The molecule has 9 heteroatoms. The zero-order valence-corrected chi connectivity index (χ0v) is 22.1. The summed E-state index contributed by atoms with van der Waals surface area (Å²) in [5.41, 5.74) is 10.6. The van der Waals surface area contributed by atoms with Crippen molar-refractivity contribution in [3.05, 3.63) is 65.1 Å². The van der Waals surface area contributed by atoms with Crippen LogP contribution < -0.4 is 11.1 Å². The summed E-state index contributed by atoms with van der Waals surface area (Å²) in [7, 11) is 4.08. The highest BCUT2D eigenvalue weighted by Gasteiger charge is 2.16. The number of guanidine groups is 1. The lowest BCUT2D eigenvalue weighted by molar-refractivity contribution is 0.461. The maximum atomic E-state index is 9.61. The zero-order valence-electron chi connectivity index (χ0n) is 19.7. The van der Waals surface area contributed by atoms with E-state index in [1.54, 1.807) is 4.68 Å². The molecule has 3 N–H and O–H groups in total. The number of anilines is 1. The van der Waals surface area contributed by atoms with Crippen LogP contribution in [0.25, 0.3) is 5.69 Å². The first kappa shape index (κ1) is 26.3. The Balaban J connectivity index is 0.00000385. The first-order valence-electron chi connectivity index (χ1n) is 10.9. The Morgan fingerprint density at radius 3 is 2.61 bits per heavy atom. The molecule has 0 unspecified atom stereocenters. The highest BCUT2D eigenvalue weighted by Crippen LogP contribution is 2.22. The monoisotopic (exact) mass is 560 g/mol. The fourth-order valence-electron chi connectivity index (χ4n) is 3.54. The normalized spacial score (nSPS) is 11.1. The van der Waals surface area contributed by atoms with E-state index >= 15 is 0 Å². The molecule has 0 aliphatic heterocycles. The molecule has 0 aliphatic rings. The van der Waals surface area contributed by atoms with E-state index in [4.69, 9.17) is 10.7 Å². The van der Waals surface area contributed by atoms with Gasteiger partial charge >= 0.3 is 0 Å². The van der Waals surface area contributed by atoms with Crippen molar-refractivity contribution in [2.45, 2.75) is 33.2 Å². The number of halogens is 1. The summed E-state index contributed by atoms with van der Waals surface area (Å²) in [6.07, 6.45) is 3.45. The van der Waals surface area contributed by atoms with Crippen molar-refractivity contribution in [3.63, 3.8) is 0 Å². The number of nitriles is 1. The molecule has 3 aromatic rings. The van der Waals surface area contributed by atoms with Crippen molar-refractivity contribution in [1.29, 1.82) is 5.26 Å². The lowest BCUT2D eigenvalue weighted by atomic mass is 10.1. The van der Waals surface area contributed by atoms with Crippen LogP contribution in [0.3, 0.4) is 0 Å². The second-order valence-electron chi connectivity index (χ2n) is 7.87. The number of nitrogens with one attached hydrogen (secondary N) is 1. The number of aliphatic imine (C=N–C) groups is 1. The topological polar surface area (TPSA) is 100 Å². The molecule has 0 atom stereocenters. The number of nitrogens with two attached hydrogens (primary N) is 1. The van der Waals surface area contributed by atoms with Gasteiger partial charge in [0.2, 0.25) is 0 Å². The lowest BCUT2D eigenvalue weighted by Crippen LogP contribution is -2.38. The Kier molecular flexibility index (Phi) is 9.78. The van der Waals surface area contributed by atoms with Gasteiger partial charge in [0, 0.05) is 39.1 Å². The van der Waals surface area contributed by atoms with E-state index in [1.165, 1.54) is 5.69 Å². The van der Waals surface area contributed by atoms with Gasteiger partial charge in [0.05, 0.1) is 17.9 Å². The molecule has 0 spiro atoms. The lowest BCUT2D eigenvalue weighted by Gasteiger charge is -2.22. The van der Waals surface area contributed by atoms with Crippen molar-refractivity contribution in [2.24, 2.45) is 12.0 Å². The number of aryl methyl sites for hydroxylation is 3. The summed E-state index contributed by atoms with van der Waals surface area (Å²) >= 11 is 0. The highest BCUT2D eigenvalue weighted by atomic mass is 127. The predicted octanol–water partition coefficient (Wildman–Crippen LogP) is 3.62. The standard InChI is InChI=1S/C24H32N8.HI/c1-5-27-24(31(4)17-20-8-7-15-30(20)3)28-14-6-9-22-21(16-25)23(26)32(29-22)19-12-10-18(2)11-13-19;/h7-8,10-13,15H,5-6,9,14,17,26H2,1-4H3,(H,27,28);1H. The van der Waals surface area contributed by atoms with Crippen LogP contribution in [0.1, 0.15) is 35.9 Å². The molecular formula is C24H33IN8. The number of benzene rings is 1. The van der Waals surface area contributed by atoms with E-state index in [0.29, 0.717) is 30.0 Å². The van der Waals surface area contributed by atoms with Gasteiger partial charge in [0.1, 0.15) is 17.5 Å². The Morgan fingerprint density at radius 1 is 1.27 bits per heavy atom. The molecule has 1 aromatic carbocycles. The molecule has 176 valence electrons. The summed E-state index contributed by atoms with van der Waals surface area (Å²) in [6, 6.07) is 14.3. The Bertz CT molecular complexity index is 1100. The minimum atomic E-state index is 0. The van der Waals surface area contributed by atoms with Crippen LogP contribution in [0.5, 0.6) is 0 Å². The summed E-state index contributed by atoms with van der Waals surface area (Å²) in [6.45, 7) is 6.28. The fourth-order valence-corrected chi connectivity index (χ4v) is 3.54. The van der Waals surface area contributed by atoms with Gasteiger partial charge in [-0.15, -0.1) is 24.0 Å². The number of hydrogen-bond donors (Lipinski definition) is 2. The van der Waals surface area contributed by atoms with Crippen LogP contribution in [-0.4, -0.2) is 45.3 Å². The molecule has 3 rings (SSSR count). The van der Waals surface area contributed by atoms with Crippen molar-refractivity contribution in [2.75, 3.05) is 25.9 Å². The highest BCUT2D eigenvalue weighted by molar-refractivity contribution is 14.0. The summed E-state index contributed by atoms with van der Waals surface area (Å²) in [5, 5.41) is 17.6. The van der Waals surface area contributed by atoms with Gasteiger partial charge in [0.25, 0.3) is 0 Å². The van der Waals surface area contributed by atoms with Crippen LogP contribution in [0.15, 0.2) is 47.6 Å². The molecule has 0 fully saturated rings. The average Bonchev–Trinajstić information content (AvgIpc) is 3.33. The first-order chi connectivity index (χ1) is 15.4. The van der Waals surface area contributed by atoms with Crippen molar-refractivity contribution >= 4 is 35.8 Å². The Hall–Kier alpha value is -3.00. The molecule has 0 saturated heterocycles. The molecule has 0 aliphatic carbocycles. The van der Waals surface area contributed by atoms with Crippen LogP contribution >= 0.6 is 24.0 Å². The molecule has 2 heterocycles. The van der Waals surface area contributed by atoms with Crippen LogP contribution in [0, 0.1) is 18.3 Å². The molecule has 0 bridgehead atoms. The molecule has 8 nitrogen and oxygen atoms in total. The number of hydrogen-bond acceptors (Lipinski definition) is 4. The maximum Gasteiger partial charge on any atom is 0.194 e. The third-order valence-corrected chi connectivity index (χ3v) is 5.36. The smallest absolute Gasteiger partial charge is 0.194 e. The molecule has 0 radical (unpaired) electrons. The van der Waals surface area contributed by atoms with Gasteiger partial charge in [-0.05, 0) is 51.0 Å². The Morgan fingerprint density at radius 2 is 2.00 bits per heavy atom. The predicted molar refractivity (Wildman–Crippen MR) is 144 cm³/mol. The largest absolute Gasteiger partial charge is 0.382 e. The molecule has 0 amide bonds. The summed E-state index contributed by atoms with van der Waals surface area (Å²) in [4.78, 5) is 6.88. The fraction of sp³-hybridized carbons (Fsp3) is 0.375. The maximum absolute atomic E-state index is 9.61. The van der Waals surface area contributed by atoms with E-state index in [9.17, 15) is 5.26 Å². The number of rotatable bonds is 8. The van der Waals surface area contributed by atoms with E-state index in [1.807, 2.05) is 57.5 Å². The third-order valence-electron chi connectivity index (χ3n) is 5.36. The first-order valence-corrected chi connectivity index (χ1v) is 10.9. The van der Waals surface area contributed by atoms with Crippen LogP contribution in [0.4, 0.5) is 5.82 Å². The minimum Gasteiger partial charge on any atom is -0.382 e. The van der Waals surface area contributed by atoms with Crippen molar-refractivity contribution in [1.82, 2.24) is 24.6 Å². The second-order valence-corrected chi connectivity index (χ2v) is 7.87. The second kappa shape index (κ2) is 12.3. The third kappa shape index (κ3) is 6.51. The number of nitrogen functional groups attached to an aromatic ring is 1. The van der Waals surface area contributed by atoms with Crippen LogP contribution in [-0.2, 0) is 20.0 Å². The van der Waals surface area contributed by atoms with Gasteiger partial charge in [0.15, 0.2) is 5.96 Å². The molecule has 33 heavy (non-hydrogen) atoms. The quantitative estimate of drug-likeness (QED) is 0.190. The SMILES string of the molecule is CCNC(=NCCCc1nn(-c2ccc(C)cc2)c(N)c1C#N)N(C)Cc1cccn1C.I. The number of aromatic nitrogens is 3. The van der Waals surface area contributed by atoms with Gasteiger partial charge < -0.3 is 20.5 Å². The van der Waals surface area contributed by atoms with Gasteiger partial charge in [-0.25, -0.2) is 4.68 Å². The molecule has 0 saturated carbocycles. The van der Waals surface area contributed by atoms with E-state index in [0.717, 1.165) is 36.7 Å². The van der Waals surface area contributed by atoms with E-state index in [2.05, 4.69) is 38.9 Å². The van der Waals surface area contributed by atoms with E-state index in [-0.39, 0.29) is 24.0 Å². The van der Waals surface area contributed by atoms with Gasteiger partial charge in [-0.1, -0.05) is 17.7 Å². The number of nitrogens with zero attached hydrogens (tertiary/aromatic N) is 6. The van der Waals surface area contributed by atoms with Crippen molar-refractivity contribution in [3.8, 4) is 11.8 Å². The summed E-state index contributed by atoms with van der Waals surface area (Å²) < 4.78 is 3.76. The zero-order chi connectivity index (χ0) is 23.1. The molecular weight excluding hydrogens is 527 g/mol.